The summed E-state index contributed by atoms with van der Waals surface area (Å²) in [7, 11) is 1.46. The fourth-order valence-corrected chi connectivity index (χ4v) is 1.01. The van der Waals surface area contributed by atoms with Crippen molar-refractivity contribution >= 4 is 21.9 Å². The summed E-state index contributed by atoms with van der Waals surface area (Å²) in [5, 5.41) is 0. The van der Waals surface area contributed by atoms with Crippen molar-refractivity contribution in [3.63, 3.8) is 0 Å². The fraction of sp³-hybridized carbons (Fsp3) is 1.00. The topological polar surface area (TPSA) is 20.2 Å². The Morgan fingerprint density at radius 3 is 1.71 bits per heavy atom. The first-order valence-electron chi connectivity index (χ1n) is 2.05. The van der Waals surface area contributed by atoms with Gasteiger partial charge in [0, 0.05) is 4.75 Å². The predicted molar refractivity (Wildman–Crippen MR) is 37.6 cm³/mol. The summed E-state index contributed by atoms with van der Waals surface area (Å²) in [5.74, 6) is 0. The summed E-state index contributed by atoms with van der Waals surface area (Å²) in [6, 6.07) is 0. The molecule has 0 amide bonds. The third-order valence-electron chi connectivity index (χ3n) is 0.287. The molecular weight excluding hydrogens is 128 g/mol. The van der Waals surface area contributed by atoms with Crippen LogP contribution < -0.4 is 0 Å². The third kappa shape index (κ3) is 6.66. The molecule has 1 nitrogen and oxygen atoms in total. The molecule has 0 radical (unpaired) electrons. The van der Waals surface area contributed by atoms with Gasteiger partial charge in [0.05, 0.1) is 11.1 Å². The van der Waals surface area contributed by atoms with Crippen molar-refractivity contribution in [3.05, 3.63) is 0 Å². The van der Waals surface area contributed by atoms with E-state index < -0.39 is 0 Å². The zero-order chi connectivity index (χ0) is 5.91. The van der Waals surface area contributed by atoms with E-state index in [1.807, 2.05) is 0 Å². The van der Waals surface area contributed by atoms with Crippen LogP contribution in [0.2, 0.25) is 0 Å². The maximum absolute atomic E-state index is 8.28. The molecule has 0 spiro atoms. The van der Waals surface area contributed by atoms with Crippen molar-refractivity contribution in [2.45, 2.75) is 25.5 Å². The summed E-state index contributed by atoms with van der Waals surface area (Å²) in [4.78, 5) is 0. The zero-order valence-electron chi connectivity index (χ0n) is 4.76. The van der Waals surface area contributed by atoms with Crippen LogP contribution in [0.1, 0.15) is 20.8 Å². The Morgan fingerprint density at radius 2 is 1.71 bits per heavy atom. The third-order valence-corrected chi connectivity index (χ3v) is 2.59. The van der Waals surface area contributed by atoms with Crippen molar-refractivity contribution in [3.8, 4) is 0 Å². The van der Waals surface area contributed by atoms with Crippen LogP contribution in [0.25, 0.3) is 0 Å². The molecule has 0 saturated heterocycles. The van der Waals surface area contributed by atoms with Crippen molar-refractivity contribution in [1.82, 2.24) is 0 Å². The molecule has 0 aromatic carbocycles. The number of hydrogen-bond acceptors (Lipinski definition) is 3. The maximum Gasteiger partial charge on any atom is 0.0598 e. The molecule has 0 bridgehead atoms. The normalized spacial score (nSPS) is 12.0. The van der Waals surface area contributed by atoms with Crippen LogP contribution in [0.15, 0.2) is 0 Å². The first kappa shape index (κ1) is 7.66. The molecule has 0 rings (SSSR count). The number of rotatable bonds is 1. The SMILES string of the molecule is CC(C)(C)SSO. The lowest BCUT2D eigenvalue weighted by molar-refractivity contribution is 0.675. The van der Waals surface area contributed by atoms with Gasteiger partial charge in [0.2, 0.25) is 0 Å². The monoisotopic (exact) mass is 138 g/mol. The standard InChI is InChI=1S/C4H10OS2/c1-4(2,3)6-7-5/h5H,1-3H3. The molecule has 3 heteroatoms. The lowest BCUT2D eigenvalue weighted by atomic mass is 10.3. The molecular formula is C4H10OS2. The van der Waals surface area contributed by atoms with Gasteiger partial charge in [0.15, 0.2) is 0 Å². The van der Waals surface area contributed by atoms with Gasteiger partial charge in [-0.15, -0.1) is 0 Å². The Kier molecular flexibility index (Phi) is 3.11. The molecule has 7 heavy (non-hydrogen) atoms. The second-order valence-electron chi connectivity index (χ2n) is 2.27. The molecule has 0 heterocycles. The van der Waals surface area contributed by atoms with Gasteiger partial charge >= 0.3 is 0 Å². The second kappa shape index (κ2) is 2.84. The van der Waals surface area contributed by atoms with E-state index in [0.717, 1.165) is 11.1 Å². The van der Waals surface area contributed by atoms with E-state index in [-0.39, 0.29) is 4.75 Å². The van der Waals surface area contributed by atoms with Crippen LogP contribution in [0.3, 0.4) is 0 Å². The zero-order valence-corrected chi connectivity index (χ0v) is 6.40. The summed E-state index contributed by atoms with van der Waals surface area (Å²) in [6.45, 7) is 6.17. The quantitative estimate of drug-likeness (QED) is 0.444. The molecule has 0 atom stereocenters. The van der Waals surface area contributed by atoms with Crippen LogP contribution in [0.5, 0.6) is 0 Å². The van der Waals surface area contributed by atoms with Crippen molar-refractivity contribution in [2.24, 2.45) is 0 Å². The lowest BCUT2D eigenvalue weighted by Gasteiger charge is -2.12. The molecule has 0 aromatic rings. The smallest absolute Gasteiger partial charge is 0.0598 e. The Balaban J connectivity index is 3.15. The average Bonchev–Trinajstić information content (AvgIpc) is 1.30. The van der Waals surface area contributed by atoms with Crippen molar-refractivity contribution < 1.29 is 4.55 Å². The minimum atomic E-state index is 0.180. The highest BCUT2D eigenvalue weighted by Crippen LogP contribution is 2.31. The summed E-state index contributed by atoms with van der Waals surface area (Å²) >= 11 is 0.825. The van der Waals surface area contributed by atoms with Crippen LogP contribution in [-0.2, 0) is 0 Å². The van der Waals surface area contributed by atoms with Crippen LogP contribution >= 0.6 is 21.9 Å². The Hall–Kier alpha value is 0.660. The van der Waals surface area contributed by atoms with Crippen LogP contribution in [0.4, 0.5) is 0 Å². The Bertz CT molecular complexity index is 48.1. The average molecular weight is 138 g/mol. The first-order chi connectivity index (χ1) is 3.06. The molecule has 44 valence electrons. The minimum absolute atomic E-state index is 0.180. The van der Waals surface area contributed by atoms with E-state index in [0.29, 0.717) is 0 Å². The van der Waals surface area contributed by atoms with Crippen LogP contribution in [-0.4, -0.2) is 9.30 Å². The van der Waals surface area contributed by atoms with E-state index in [4.69, 9.17) is 4.55 Å². The van der Waals surface area contributed by atoms with Crippen molar-refractivity contribution in [1.29, 1.82) is 0 Å². The molecule has 0 saturated carbocycles. The highest BCUT2D eigenvalue weighted by Gasteiger charge is 2.09. The van der Waals surface area contributed by atoms with Gasteiger partial charge in [-0.2, -0.15) is 0 Å². The summed E-state index contributed by atoms with van der Waals surface area (Å²) < 4.78 is 8.46. The number of hydrogen-bond donors (Lipinski definition) is 1. The summed E-state index contributed by atoms with van der Waals surface area (Å²) in [6.07, 6.45) is 0. The minimum Gasteiger partial charge on any atom is -0.321 e. The molecule has 0 aliphatic rings. The van der Waals surface area contributed by atoms with E-state index >= 15 is 0 Å². The van der Waals surface area contributed by atoms with Gasteiger partial charge < -0.3 is 4.55 Å². The molecule has 0 aromatic heterocycles. The highest BCUT2D eigenvalue weighted by molar-refractivity contribution is 8.75. The van der Waals surface area contributed by atoms with Gasteiger partial charge in [-0.1, -0.05) is 31.6 Å². The van der Waals surface area contributed by atoms with E-state index in [1.165, 1.54) is 10.8 Å². The van der Waals surface area contributed by atoms with E-state index in [9.17, 15) is 0 Å². The largest absolute Gasteiger partial charge is 0.321 e. The van der Waals surface area contributed by atoms with Gasteiger partial charge in [0.25, 0.3) is 0 Å². The Labute approximate surface area is 52.5 Å². The maximum atomic E-state index is 8.28. The molecule has 0 unspecified atom stereocenters. The van der Waals surface area contributed by atoms with Gasteiger partial charge in [-0.05, 0) is 0 Å². The predicted octanol–water partition coefficient (Wildman–Crippen LogP) is 2.64. The first-order valence-corrected chi connectivity index (χ1v) is 4.16. The van der Waals surface area contributed by atoms with Crippen molar-refractivity contribution in [2.75, 3.05) is 0 Å². The molecule has 1 N–H and O–H groups in total. The molecule has 0 fully saturated rings. The Morgan fingerprint density at radius 1 is 1.29 bits per heavy atom. The summed E-state index contributed by atoms with van der Waals surface area (Å²) in [5.41, 5.74) is 0. The van der Waals surface area contributed by atoms with E-state index in [2.05, 4.69) is 20.8 Å². The molecule has 0 aliphatic heterocycles. The van der Waals surface area contributed by atoms with Gasteiger partial charge in [-0.25, -0.2) is 0 Å². The fourth-order valence-electron chi connectivity index (χ4n) is 0.112. The van der Waals surface area contributed by atoms with Gasteiger partial charge in [-0.3, -0.25) is 0 Å². The second-order valence-corrected chi connectivity index (χ2v) is 4.76. The molecule has 0 aliphatic carbocycles. The highest BCUT2D eigenvalue weighted by atomic mass is 33.1. The van der Waals surface area contributed by atoms with E-state index in [1.54, 1.807) is 0 Å². The van der Waals surface area contributed by atoms with Crippen LogP contribution in [0, 0.1) is 0 Å². The van der Waals surface area contributed by atoms with Gasteiger partial charge in [0.1, 0.15) is 0 Å². The lowest BCUT2D eigenvalue weighted by Crippen LogP contribution is -2.03.